The zero-order chi connectivity index (χ0) is 86.3. The molecule has 3 aliphatic heterocycles. The minimum Gasteiger partial charge on any atom is -0.493 e. The van der Waals surface area contributed by atoms with Gasteiger partial charge in [-0.25, -0.2) is 14.4 Å². The normalized spacial score (nSPS) is 14.8. The SMILES string of the molecule is CC(=O)NCc1ccc(-c2sc(C)c(C(OC(C)(C)C)C(=O)O)c2-c2ccc3c(c2)CCCO3)cc1.CCC[I-]C.CCOC(=O)C(OC(C)(C)C)c1c(C)sc(-c2ccc(CNC(C)=O)cc2)c1-c1ccc2c(c1)CCCO2.CCOC(=O)C(OC(C)(C)C)c1c(C)sc(Cl)c1-c1ccc2c(c1)CCCO2.NCC1C=CC(B(O)O)=CC1. The van der Waals surface area contributed by atoms with Crippen LogP contribution >= 0.6 is 45.6 Å². The molecule has 0 radical (unpaired) electrons. The van der Waals surface area contributed by atoms with Crippen LogP contribution in [0.3, 0.4) is 0 Å². The molecule has 3 aromatic heterocycles. The van der Waals surface area contributed by atoms with Gasteiger partial charge in [0.2, 0.25) is 11.8 Å². The first-order valence-electron chi connectivity index (χ1n) is 40.5. The van der Waals surface area contributed by atoms with Gasteiger partial charge in [0.05, 0.1) is 49.8 Å². The van der Waals surface area contributed by atoms with Crippen LogP contribution in [0.15, 0.2) is 127 Å². The fraction of sp³-hybridized carbons (Fsp3) is 0.452. The maximum atomic E-state index is 13.3. The van der Waals surface area contributed by atoms with Gasteiger partial charge in [0.25, 0.3) is 0 Å². The van der Waals surface area contributed by atoms with E-state index in [2.05, 4.69) is 58.9 Å². The molecule has 6 heterocycles. The molecule has 5 aromatic carbocycles. The van der Waals surface area contributed by atoms with E-state index in [1.807, 2.05) is 169 Å². The summed E-state index contributed by atoms with van der Waals surface area (Å²) in [6.45, 7) is 36.4. The van der Waals surface area contributed by atoms with E-state index in [4.69, 9.17) is 65.3 Å². The fourth-order valence-corrected chi connectivity index (χ4v) is 18.8. The number of carbonyl (C=O) groups is 5. The minimum absolute atomic E-state index is 0.0601. The van der Waals surface area contributed by atoms with Crippen molar-refractivity contribution in [2.75, 3.05) is 48.9 Å². The molecule has 638 valence electrons. The Labute approximate surface area is 725 Å². The topological polar surface area (TPSA) is 270 Å². The molecule has 8 aromatic rings. The van der Waals surface area contributed by atoms with Gasteiger partial charge in [-0.05, 0) is 252 Å². The molecule has 12 rings (SSSR count). The van der Waals surface area contributed by atoms with Crippen molar-refractivity contribution in [3.05, 3.63) is 190 Å². The Kier molecular flexibility index (Phi) is 36.3. The number of esters is 2. The molecule has 2 amide bonds. The van der Waals surface area contributed by atoms with E-state index in [0.29, 0.717) is 75.3 Å². The second-order valence-electron chi connectivity index (χ2n) is 32.1. The Bertz CT molecular complexity index is 4780. The first kappa shape index (κ1) is 95.7. The van der Waals surface area contributed by atoms with Gasteiger partial charge >= 0.3 is 68.9 Å². The van der Waals surface area contributed by atoms with Gasteiger partial charge < -0.3 is 69.4 Å². The van der Waals surface area contributed by atoms with Crippen LogP contribution in [0.25, 0.3) is 54.3 Å². The summed E-state index contributed by atoms with van der Waals surface area (Å²) < 4.78 is 49.1. The molecule has 4 aliphatic rings. The number of carboxylic acids is 1. The molecule has 1 aliphatic carbocycles. The molecular weight excluding hydrogens is 1680 g/mol. The standard InChI is InChI=1S/C31H37NO5S.C29H33NO5S.C22H27ClO4S.C7H12BNO2.C4H10I/c1-7-35-30(34)28(37-31(4,5)6)26-19(2)38-29(22-12-10-21(11-13-22)18-32-20(3)33)27(26)24-14-15-25-23(17-24)9-8-16-36-25;1-17-24(26(28(32)33)35-29(3,4)5)25(22-12-13-23-21(15-22)7-6-14-34-23)27(36-17)20-10-8-19(9-11-20)16-30-18(2)31;1-6-25-21(24)19(27-22(3,4)5)17-13(2)28-20(23)18(17)15-9-10-16-14(12-15)8-7-11-26-16;9-5-6-1-3-7(4-2-6)8(10)11;1-3-4-5-2/h10-15,17,28H,7-9,16,18H2,1-6H3,(H,32,33);8-13,15,26H,6-7,14,16H2,1-5H3,(H,30,31)(H,32,33);9-10,12,19H,6-8,11H2,1-5H3;1,3-4,6,10-11H,2,5,9H2;3-4H2,1-2H3/q;;;;-1. The number of allylic oxidation sites excluding steroid dienone is 3. The van der Waals surface area contributed by atoms with Gasteiger partial charge in [0.15, 0.2) is 18.3 Å². The second kappa shape index (κ2) is 44.7. The fourth-order valence-electron chi connectivity index (χ4n) is 13.8. The number of nitrogens with two attached hydrogens (primary N) is 1. The van der Waals surface area contributed by atoms with Crippen molar-refractivity contribution in [3.8, 4) is 71.5 Å². The third-order valence-corrected chi connectivity index (χ3v) is 24.9. The van der Waals surface area contributed by atoms with E-state index in [9.17, 15) is 29.1 Å². The number of rotatable bonds is 24. The summed E-state index contributed by atoms with van der Waals surface area (Å²) in [5.74, 6) is 1.18. The molecule has 4 unspecified atom stereocenters. The van der Waals surface area contributed by atoms with Gasteiger partial charge in [-0.1, -0.05) is 96.6 Å². The van der Waals surface area contributed by atoms with Gasteiger partial charge in [-0.3, -0.25) is 9.59 Å². The Balaban J connectivity index is 0.000000203. The van der Waals surface area contributed by atoms with Crippen LogP contribution in [0.1, 0.15) is 206 Å². The molecule has 19 nitrogen and oxygen atoms in total. The predicted molar refractivity (Wildman–Crippen MR) is 473 cm³/mol. The first-order chi connectivity index (χ1) is 56.0. The largest absolute Gasteiger partial charge is 0.493 e. The maximum absolute atomic E-state index is 13.3. The van der Waals surface area contributed by atoms with Crippen molar-refractivity contribution in [1.29, 1.82) is 0 Å². The van der Waals surface area contributed by atoms with Crippen molar-refractivity contribution in [2.45, 2.75) is 217 Å². The molecule has 0 spiro atoms. The van der Waals surface area contributed by atoms with Crippen LogP contribution < -0.4 is 51.8 Å². The molecule has 0 fully saturated rings. The zero-order valence-corrected chi connectivity index (χ0v) is 77.0. The Hall–Kier alpha value is -7.73. The summed E-state index contributed by atoms with van der Waals surface area (Å²) in [4.78, 5) is 68.5. The van der Waals surface area contributed by atoms with Crippen molar-refractivity contribution >= 4 is 82.5 Å². The molecule has 0 saturated carbocycles. The number of aliphatic carboxylic acids is 1. The molecular formula is C93H119BClIN3O16S3-. The number of alkyl halides is 2. The van der Waals surface area contributed by atoms with Gasteiger partial charge in [-0.2, -0.15) is 0 Å². The summed E-state index contributed by atoms with van der Waals surface area (Å²) in [5, 5.41) is 33.4. The summed E-state index contributed by atoms with van der Waals surface area (Å²) in [6.07, 6.45) is 10.6. The van der Waals surface area contributed by atoms with Crippen molar-refractivity contribution in [1.82, 2.24) is 10.6 Å². The molecule has 0 saturated heterocycles. The number of thiophene rings is 3. The summed E-state index contributed by atoms with van der Waals surface area (Å²) in [6, 6.07) is 34.8. The molecule has 118 heavy (non-hydrogen) atoms. The third kappa shape index (κ3) is 27.4. The number of benzene rings is 5. The Morgan fingerprint density at radius 3 is 1.25 bits per heavy atom. The van der Waals surface area contributed by atoms with E-state index >= 15 is 0 Å². The molecule has 25 heteroatoms. The molecule has 7 N–H and O–H groups in total. The van der Waals surface area contributed by atoms with E-state index in [-0.39, 0.29) is 24.4 Å². The van der Waals surface area contributed by atoms with Gasteiger partial charge in [-0.15, -0.1) is 34.0 Å². The Morgan fingerprint density at radius 1 is 0.559 bits per heavy atom. The van der Waals surface area contributed by atoms with E-state index in [1.165, 1.54) is 47.2 Å². The molecule has 4 atom stereocenters. The number of carbonyl (C=O) groups excluding carboxylic acids is 4. The van der Waals surface area contributed by atoms with Crippen LogP contribution in [-0.2, 0) is 80.0 Å². The number of nitrogens with one attached hydrogen (secondary N) is 2. The predicted octanol–water partition coefficient (Wildman–Crippen LogP) is 16.8. The van der Waals surface area contributed by atoms with Crippen LogP contribution in [-0.4, -0.2) is 118 Å². The quantitative estimate of drug-likeness (QED) is 0.0142. The summed E-state index contributed by atoms with van der Waals surface area (Å²) in [7, 11) is -1.34. The number of hydrogen-bond acceptors (Lipinski definition) is 19. The van der Waals surface area contributed by atoms with Crippen LogP contribution in [0, 0.1) is 26.7 Å². The Morgan fingerprint density at radius 2 is 0.924 bits per heavy atom. The van der Waals surface area contributed by atoms with E-state index in [1.54, 1.807) is 35.7 Å². The summed E-state index contributed by atoms with van der Waals surface area (Å²) >= 11 is 11.9. The number of aryl methyl sites for hydroxylation is 6. The molecule has 0 bridgehead atoms. The van der Waals surface area contributed by atoms with E-state index in [0.717, 1.165) is 172 Å². The average Bonchev–Trinajstić information content (AvgIpc) is 1.61. The van der Waals surface area contributed by atoms with Gasteiger partial charge in [0, 0.05) is 84.7 Å². The second-order valence-corrected chi connectivity index (χ2v) is 39.0. The number of ether oxygens (including phenoxy) is 8. The smallest absolute Gasteiger partial charge is 0.488 e. The number of halogens is 2. The van der Waals surface area contributed by atoms with Crippen LogP contribution in [0.4, 0.5) is 0 Å². The van der Waals surface area contributed by atoms with Crippen LogP contribution in [0.5, 0.6) is 17.2 Å². The van der Waals surface area contributed by atoms with Crippen molar-refractivity contribution < 1.29 is 98.2 Å². The van der Waals surface area contributed by atoms with E-state index < -0.39 is 54.2 Å². The zero-order valence-electron chi connectivity index (χ0n) is 71.7. The van der Waals surface area contributed by atoms with Gasteiger partial charge in [0.1, 0.15) is 21.6 Å². The number of fused-ring (bicyclic) bond motifs is 3. The van der Waals surface area contributed by atoms with Crippen LogP contribution in [0.2, 0.25) is 4.34 Å². The maximum Gasteiger partial charge on any atom is 0.488 e. The average molecular weight is 1800 g/mol. The monoisotopic (exact) mass is 1800 g/mol. The number of hydrogen-bond donors (Lipinski definition) is 6. The van der Waals surface area contributed by atoms with Crippen molar-refractivity contribution in [2.24, 2.45) is 11.7 Å². The number of carboxylic acid groups (broad SMARTS) is 1. The minimum atomic E-state index is -1.34. The first-order valence-corrected chi connectivity index (χ1v) is 47.0. The third-order valence-electron chi connectivity index (χ3n) is 19.1. The summed E-state index contributed by atoms with van der Waals surface area (Å²) in [5.41, 5.74) is 19.8. The van der Waals surface area contributed by atoms with Crippen molar-refractivity contribution in [3.63, 3.8) is 0 Å². The number of amides is 2.